The third kappa shape index (κ3) is 5.10. The summed E-state index contributed by atoms with van der Waals surface area (Å²) in [6, 6.07) is 4.75. The molecule has 7 nitrogen and oxygen atoms in total. The third-order valence-electron chi connectivity index (χ3n) is 5.35. The van der Waals surface area contributed by atoms with Crippen LogP contribution in [0, 0.1) is 23.4 Å². The first kappa shape index (κ1) is 23.7. The molecule has 0 unspecified atom stereocenters. The predicted molar refractivity (Wildman–Crippen MR) is 108 cm³/mol. The number of rotatable bonds is 6. The number of hydrogen-bond donors (Lipinski definition) is 1. The molecule has 32 heavy (non-hydrogen) atoms. The van der Waals surface area contributed by atoms with Crippen molar-refractivity contribution in [1.82, 2.24) is 4.90 Å². The standard InChI is InChI=1S/C21H21F3N2O5S/c1-31-21-17(24)8-12(9-18(21)32(25,29)30)10-19(27)26-6-4-13(5-7-26)20(28)15-11-14(22)2-3-16(15)23/h2-3,8-9,11,13H,4-7,10H2,1H3,(H2,25,29,30). The Morgan fingerprint density at radius 1 is 1.09 bits per heavy atom. The number of hydrogen-bond acceptors (Lipinski definition) is 5. The highest BCUT2D eigenvalue weighted by Gasteiger charge is 2.30. The number of carbonyl (C=O) groups excluding carboxylic acids is 2. The van der Waals surface area contributed by atoms with Crippen LogP contribution < -0.4 is 9.88 Å². The van der Waals surface area contributed by atoms with Crippen LogP contribution in [-0.4, -0.2) is 45.2 Å². The Labute approximate surface area is 183 Å². The van der Waals surface area contributed by atoms with Gasteiger partial charge in [-0.15, -0.1) is 0 Å². The van der Waals surface area contributed by atoms with Crippen molar-refractivity contribution in [1.29, 1.82) is 0 Å². The van der Waals surface area contributed by atoms with Gasteiger partial charge in [-0.25, -0.2) is 26.7 Å². The Hall–Kier alpha value is -2.92. The smallest absolute Gasteiger partial charge is 0.241 e. The van der Waals surface area contributed by atoms with E-state index in [9.17, 15) is 31.2 Å². The number of halogens is 3. The summed E-state index contributed by atoms with van der Waals surface area (Å²) in [4.78, 5) is 26.1. The lowest BCUT2D eigenvalue weighted by atomic mass is 9.88. The Kier molecular flexibility index (Phi) is 6.89. The summed E-state index contributed by atoms with van der Waals surface area (Å²) < 4.78 is 69.7. The van der Waals surface area contributed by atoms with Crippen LogP contribution in [0.15, 0.2) is 35.2 Å². The summed E-state index contributed by atoms with van der Waals surface area (Å²) in [6.07, 6.45) is 0.209. The van der Waals surface area contributed by atoms with Gasteiger partial charge in [0.05, 0.1) is 19.1 Å². The summed E-state index contributed by atoms with van der Waals surface area (Å²) in [7, 11) is -3.19. The van der Waals surface area contributed by atoms with Gasteiger partial charge in [-0.1, -0.05) is 0 Å². The molecule has 0 aliphatic carbocycles. The second kappa shape index (κ2) is 9.29. The number of piperidine rings is 1. The quantitative estimate of drug-likeness (QED) is 0.653. The zero-order chi connectivity index (χ0) is 23.6. The van der Waals surface area contributed by atoms with Crippen LogP contribution in [0.2, 0.25) is 0 Å². The molecule has 0 saturated carbocycles. The van der Waals surface area contributed by atoms with Crippen LogP contribution in [0.1, 0.15) is 28.8 Å². The van der Waals surface area contributed by atoms with Crippen molar-refractivity contribution in [2.24, 2.45) is 11.1 Å². The van der Waals surface area contributed by atoms with Crippen molar-refractivity contribution in [3.05, 3.63) is 58.9 Å². The van der Waals surface area contributed by atoms with Gasteiger partial charge in [-0.05, 0) is 48.7 Å². The molecule has 1 aliphatic heterocycles. The lowest BCUT2D eigenvalue weighted by molar-refractivity contribution is -0.131. The number of ketones is 1. The van der Waals surface area contributed by atoms with Crippen molar-refractivity contribution in [2.45, 2.75) is 24.2 Å². The molecule has 172 valence electrons. The number of amides is 1. The summed E-state index contributed by atoms with van der Waals surface area (Å²) in [5, 5.41) is 5.10. The first-order chi connectivity index (χ1) is 15.0. The summed E-state index contributed by atoms with van der Waals surface area (Å²) in [6.45, 7) is 0.375. The molecule has 0 atom stereocenters. The van der Waals surface area contributed by atoms with Crippen molar-refractivity contribution >= 4 is 21.7 Å². The molecular weight excluding hydrogens is 449 g/mol. The highest BCUT2D eigenvalue weighted by molar-refractivity contribution is 7.89. The van der Waals surface area contributed by atoms with Gasteiger partial charge in [-0.3, -0.25) is 9.59 Å². The van der Waals surface area contributed by atoms with E-state index >= 15 is 0 Å². The van der Waals surface area contributed by atoms with Gasteiger partial charge in [0.2, 0.25) is 15.9 Å². The van der Waals surface area contributed by atoms with E-state index < -0.39 is 55.7 Å². The molecule has 0 radical (unpaired) electrons. The second-order valence-electron chi connectivity index (χ2n) is 7.47. The first-order valence-corrected chi connectivity index (χ1v) is 11.2. The van der Waals surface area contributed by atoms with E-state index in [-0.39, 0.29) is 43.5 Å². The number of benzene rings is 2. The molecule has 3 rings (SSSR count). The Morgan fingerprint density at radius 2 is 1.75 bits per heavy atom. The Balaban J connectivity index is 1.68. The van der Waals surface area contributed by atoms with E-state index in [1.807, 2.05) is 0 Å². The number of likely N-dealkylation sites (tertiary alicyclic amines) is 1. The number of nitrogens with zero attached hydrogens (tertiary/aromatic N) is 1. The molecule has 0 aromatic heterocycles. The Morgan fingerprint density at radius 3 is 2.34 bits per heavy atom. The van der Waals surface area contributed by atoms with Crippen LogP contribution in [0.4, 0.5) is 13.2 Å². The molecule has 11 heteroatoms. The number of sulfonamides is 1. The summed E-state index contributed by atoms with van der Waals surface area (Å²) >= 11 is 0. The lowest BCUT2D eigenvalue weighted by Crippen LogP contribution is -2.41. The zero-order valence-corrected chi connectivity index (χ0v) is 17.9. The Bertz CT molecular complexity index is 1160. The van der Waals surface area contributed by atoms with Gasteiger partial charge in [0.15, 0.2) is 17.3 Å². The number of Topliss-reactive ketones (excluding diaryl/α,β-unsaturated/α-hetero) is 1. The molecule has 2 aromatic rings. The van der Waals surface area contributed by atoms with Crippen LogP contribution in [0.3, 0.4) is 0 Å². The molecule has 1 fully saturated rings. The van der Waals surface area contributed by atoms with Gasteiger partial charge in [0.1, 0.15) is 16.5 Å². The molecule has 0 spiro atoms. The van der Waals surface area contributed by atoms with Crippen molar-refractivity contribution in [3.8, 4) is 5.75 Å². The third-order valence-corrected chi connectivity index (χ3v) is 6.26. The fraction of sp³-hybridized carbons (Fsp3) is 0.333. The number of ether oxygens (including phenoxy) is 1. The van der Waals surface area contributed by atoms with Gasteiger partial charge < -0.3 is 9.64 Å². The number of nitrogens with two attached hydrogens (primary N) is 1. The number of carbonyl (C=O) groups is 2. The van der Waals surface area contributed by atoms with Crippen molar-refractivity contribution in [3.63, 3.8) is 0 Å². The minimum absolute atomic E-state index is 0.0948. The fourth-order valence-corrected chi connectivity index (χ4v) is 4.47. The highest BCUT2D eigenvalue weighted by atomic mass is 32.2. The van der Waals surface area contributed by atoms with Gasteiger partial charge in [0.25, 0.3) is 0 Å². The van der Waals surface area contributed by atoms with E-state index in [2.05, 4.69) is 0 Å². The lowest BCUT2D eigenvalue weighted by Gasteiger charge is -2.31. The maximum absolute atomic E-state index is 14.2. The normalized spacial score (nSPS) is 15.0. The van der Waals surface area contributed by atoms with Crippen LogP contribution in [0.5, 0.6) is 5.75 Å². The summed E-state index contributed by atoms with van der Waals surface area (Å²) in [5.74, 6) is -4.52. The summed E-state index contributed by atoms with van der Waals surface area (Å²) in [5.41, 5.74) is -0.226. The molecule has 2 aromatic carbocycles. The van der Waals surface area contributed by atoms with E-state index in [4.69, 9.17) is 9.88 Å². The maximum atomic E-state index is 14.2. The topological polar surface area (TPSA) is 107 Å². The highest BCUT2D eigenvalue weighted by Crippen LogP contribution is 2.29. The van der Waals surface area contributed by atoms with Gasteiger partial charge >= 0.3 is 0 Å². The van der Waals surface area contributed by atoms with E-state index in [1.54, 1.807) is 0 Å². The molecule has 0 bridgehead atoms. The number of primary sulfonamides is 1. The second-order valence-corrected chi connectivity index (χ2v) is 9.00. The average molecular weight is 470 g/mol. The predicted octanol–water partition coefficient (Wildman–Crippen LogP) is 2.42. The van der Waals surface area contributed by atoms with E-state index in [1.165, 1.54) is 4.90 Å². The largest absolute Gasteiger partial charge is 0.492 e. The minimum atomic E-state index is -4.29. The van der Waals surface area contributed by atoms with Crippen LogP contribution >= 0.6 is 0 Å². The zero-order valence-electron chi connectivity index (χ0n) is 17.1. The molecule has 1 amide bonds. The SMILES string of the molecule is COc1c(F)cc(CC(=O)N2CCC(C(=O)c3cc(F)ccc3F)CC2)cc1S(N)(=O)=O. The van der Waals surface area contributed by atoms with Gasteiger partial charge in [-0.2, -0.15) is 0 Å². The van der Waals surface area contributed by atoms with Crippen LogP contribution in [0.25, 0.3) is 0 Å². The van der Waals surface area contributed by atoms with Gasteiger partial charge in [0, 0.05) is 19.0 Å². The first-order valence-electron chi connectivity index (χ1n) is 9.67. The maximum Gasteiger partial charge on any atom is 0.241 e. The fourth-order valence-electron chi connectivity index (χ4n) is 3.72. The van der Waals surface area contributed by atoms with E-state index in [0.717, 1.165) is 37.4 Å². The average Bonchev–Trinajstić information content (AvgIpc) is 2.74. The molecular formula is C21H21F3N2O5S. The molecule has 1 saturated heterocycles. The molecule has 1 aliphatic rings. The van der Waals surface area contributed by atoms with Crippen LogP contribution in [-0.2, 0) is 21.2 Å². The molecule has 2 N–H and O–H groups in total. The van der Waals surface area contributed by atoms with Crippen molar-refractivity contribution in [2.75, 3.05) is 20.2 Å². The molecule has 1 heterocycles. The minimum Gasteiger partial charge on any atom is -0.492 e. The number of methoxy groups -OCH3 is 1. The van der Waals surface area contributed by atoms with Crippen molar-refractivity contribution < 1.29 is 35.9 Å². The monoisotopic (exact) mass is 470 g/mol. The van der Waals surface area contributed by atoms with E-state index in [0.29, 0.717) is 0 Å².